The van der Waals surface area contributed by atoms with Crippen molar-refractivity contribution in [3.8, 4) is 5.75 Å². The Morgan fingerprint density at radius 1 is 1.14 bits per heavy atom. The van der Waals surface area contributed by atoms with Crippen molar-refractivity contribution < 1.29 is 24.2 Å². The van der Waals surface area contributed by atoms with E-state index in [0.29, 0.717) is 18.7 Å². The van der Waals surface area contributed by atoms with Crippen LogP contribution in [-0.2, 0) is 16.1 Å². The summed E-state index contributed by atoms with van der Waals surface area (Å²) >= 11 is 0. The first kappa shape index (κ1) is 20.5. The van der Waals surface area contributed by atoms with Crippen molar-refractivity contribution in [3.63, 3.8) is 0 Å². The number of nitrogens with zero attached hydrogens (tertiary/aromatic N) is 1. The fourth-order valence-electron chi connectivity index (χ4n) is 3.48. The minimum Gasteiger partial charge on any atom is -0.479 e. The smallest absolute Gasteiger partial charge is 0.347 e. The summed E-state index contributed by atoms with van der Waals surface area (Å²) in [5.74, 6) is -0.716. The Morgan fingerprint density at radius 3 is 2.55 bits per heavy atom. The van der Waals surface area contributed by atoms with Gasteiger partial charge in [-0.05, 0) is 61.7 Å². The van der Waals surface area contributed by atoms with Gasteiger partial charge in [0.2, 0.25) is 0 Å². The number of benzene rings is 2. The predicted octanol–water partition coefficient (Wildman–Crippen LogP) is 4.34. The molecule has 0 aliphatic rings. The van der Waals surface area contributed by atoms with Gasteiger partial charge in [-0.15, -0.1) is 0 Å². The van der Waals surface area contributed by atoms with Crippen molar-refractivity contribution in [2.24, 2.45) is 0 Å². The summed E-state index contributed by atoms with van der Waals surface area (Å²) in [6, 6.07) is 12.8. The largest absolute Gasteiger partial charge is 0.479 e. The van der Waals surface area contributed by atoms with Crippen LogP contribution in [0.5, 0.6) is 5.75 Å². The Labute approximate surface area is 169 Å². The van der Waals surface area contributed by atoms with Crippen LogP contribution in [0.2, 0.25) is 0 Å². The lowest BCUT2D eigenvalue weighted by Crippen LogP contribution is -2.27. The quantitative estimate of drug-likeness (QED) is 0.602. The molecule has 6 nitrogen and oxygen atoms in total. The highest BCUT2D eigenvalue weighted by atomic mass is 16.6. The van der Waals surface area contributed by atoms with Gasteiger partial charge < -0.3 is 19.1 Å². The number of aromatic nitrogens is 1. The first-order chi connectivity index (χ1) is 13.8. The topological polar surface area (TPSA) is 77.8 Å². The Hall–Kier alpha value is -3.28. The van der Waals surface area contributed by atoms with Crippen LogP contribution in [0.15, 0.2) is 42.5 Å². The number of esters is 1. The Bertz CT molecular complexity index is 1070. The molecule has 0 radical (unpaired) electrons. The molecule has 29 heavy (non-hydrogen) atoms. The van der Waals surface area contributed by atoms with E-state index in [0.717, 1.165) is 27.7 Å². The number of carbonyl (C=O) groups excluding carboxylic acids is 1. The number of rotatable bonds is 7. The van der Waals surface area contributed by atoms with E-state index >= 15 is 0 Å². The van der Waals surface area contributed by atoms with Crippen LogP contribution in [0, 0.1) is 13.8 Å². The maximum absolute atomic E-state index is 11.8. The number of aromatic carboxylic acids is 1. The van der Waals surface area contributed by atoms with E-state index in [1.807, 2.05) is 51.1 Å². The van der Waals surface area contributed by atoms with Crippen LogP contribution in [0.1, 0.15) is 40.5 Å². The SMILES string of the molecule is CCC(Oc1cccc(Cn2c(C)c(C)c3cc(C(=O)O)ccc32)c1)C(=O)OC. The number of ether oxygens (including phenoxy) is 2. The number of aryl methyl sites for hydroxylation is 1. The standard InChI is InChI=1S/C23H25NO5/c1-5-21(23(27)28-4)29-18-8-6-7-16(11-18)13-24-15(3)14(2)19-12-17(22(25)26)9-10-20(19)24/h6-12,21H,5,13H2,1-4H3,(H,25,26). The fraction of sp³-hybridized carbons (Fsp3) is 0.304. The monoisotopic (exact) mass is 395 g/mol. The summed E-state index contributed by atoms with van der Waals surface area (Å²) in [7, 11) is 1.35. The van der Waals surface area contributed by atoms with Crippen LogP contribution >= 0.6 is 0 Å². The van der Waals surface area contributed by atoms with Gasteiger partial charge in [-0.2, -0.15) is 0 Å². The molecule has 0 aliphatic carbocycles. The molecule has 0 fully saturated rings. The lowest BCUT2D eigenvalue weighted by Gasteiger charge is -2.16. The average Bonchev–Trinajstić information content (AvgIpc) is 2.96. The van der Waals surface area contributed by atoms with Gasteiger partial charge in [0.05, 0.1) is 12.7 Å². The van der Waals surface area contributed by atoms with E-state index in [-0.39, 0.29) is 5.56 Å². The first-order valence-corrected chi connectivity index (χ1v) is 9.51. The molecule has 3 aromatic rings. The normalized spacial score (nSPS) is 12.0. The maximum Gasteiger partial charge on any atom is 0.347 e. The number of hydrogen-bond acceptors (Lipinski definition) is 4. The molecule has 0 bridgehead atoms. The average molecular weight is 395 g/mol. The highest BCUT2D eigenvalue weighted by molar-refractivity contribution is 5.95. The second kappa shape index (κ2) is 8.39. The molecule has 0 saturated heterocycles. The zero-order chi connectivity index (χ0) is 21.1. The second-order valence-corrected chi connectivity index (χ2v) is 7.02. The van der Waals surface area contributed by atoms with E-state index in [1.165, 1.54) is 7.11 Å². The zero-order valence-corrected chi connectivity index (χ0v) is 17.1. The molecular weight excluding hydrogens is 370 g/mol. The van der Waals surface area contributed by atoms with Gasteiger partial charge in [-0.3, -0.25) is 0 Å². The predicted molar refractivity (Wildman–Crippen MR) is 111 cm³/mol. The first-order valence-electron chi connectivity index (χ1n) is 9.51. The molecule has 0 aliphatic heterocycles. The summed E-state index contributed by atoms with van der Waals surface area (Å²) in [5.41, 5.74) is 4.42. The molecular formula is C23H25NO5. The molecule has 0 amide bonds. The maximum atomic E-state index is 11.8. The molecule has 1 aromatic heterocycles. The zero-order valence-electron chi connectivity index (χ0n) is 17.1. The fourth-order valence-corrected chi connectivity index (χ4v) is 3.48. The highest BCUT2D eigenvalue weighted by Gasteiger charge is 2.19. The summed E-state index contributed by atoms with van der Waals surface area (Å²) < 4.78 is 12.8. The van der Waals surface area contributed by atoms with Gasteiger partial charge in [-0.25, -0.2) is 9.59 Å². The summed E-state index contributed by atoms with van der Waals surface area (Å²) in [6.07, 6.45) is -0.121. The minimum absolute atomic E-state index is 0.279. The number of methoxy groups -OCH3 is 1. The van der Waals surface area contributed by atoms with Crippen molar-refractivity contribution in [2.45, 2.75) is 39.8 Å². The Morgan fingerprint density at radius 2 is 1.90 bits per heavy atom. The van der Waals surface area contributed by atoms with Gasteiger partial charge in [-0.1, -0.05) is 19.1 Å². The number of carboxylic acid groups (broad SMARTS) is 1. The van der Waals surface area contributed by atoms with Crippen LogP contribution in [0.25, 0.3) is 10.9 Å². The Balaban J connectivity index is 1.92. The molecule has 1 N–H and O–H groups in total. The number of hydrogen-bond donors (Lipinski definition) is 1. The number of carboxylic acids is 1. The van der Waals surface area contributed by atoms with Crippen LogP contribution in [0.4, 0.5) is 0 Å². The Kier molecular flexibility index (Phi) is 5.92. The molecule has 0 saturated carbocycles. The molecule has 3 rings (SSSR count). The van der Waals surface area contributed by atoms with Crippen molar-refractivity contribution in [1.29, 1.82) is 0 Å². The third-order valence-corrected chi connectivity index (χ3v) is 5.24. The van der Waals surface area contributed by atoms with Gasteiger partial charge >= 0.3 is 11.9 Å². The molecule has 152 valence electrons. The van der Waals surface area contributed by atoms with Gasteiger partial charge in [0.15, 0.2) is 6.10 Å². The highest BCUT2D eigenvalue weighted by Crippen LogP contribution is 2.28. The van der Waals surface area contributed by atoms with Crippen molar-refractivity contribution >= 4 is 22.8 Å². The van der Waals surface area contributed by atoms with Gasteiger partial charge in [0, 0.05) is 23.1 Å². The van der Waals surface area contributed by atoms with Crippen LogP contribution < -0.4 is 4.74 Å². The second-order valence-electron chi connectivity index (χ2n) is 7.02. The lowest BCUT2D eigenvalue weighted by atomic mass is 10.1. The molecule has 0 spiro atoms. The van der Waals surface area contributed by atoms with E-state index in [4.69, 9.17) is 9.47 Å². The summed E-state index contributed by atoms with van der Waals surface area (Å²) in [4.78, 5) is 23.1. The summed E-state index contributed by atoms with van der Waals surface area (Å²) in [6.45, 7) is 6.51. The molecule has 1 heterocycles. The van der Waals surface area contributed by atoms with Gasteiger partial charge in [0.1, 0.15) is 5.75 Å². The number of carbonyl (C=O) groups is 2. The third kappa shape index (κ3) is 4.11. The molecule has 6 heteroatoms. The minimum atomic E-state index is -0.933. The van der Waals surface area contributed by atoms with E-state index in [9.17, 15) is 14.7 Å². The molecule has 2 aromatic carbocycles. The van der Waals surface area contributed by atoms with Crippen molar-refractivity contribution in [2.75, 3.05) is 7.11 Å². The lowest BCUT2D eigenvalue weighted by molar-refractivity contribution is -0.148. The van der Waals surface area contributed by atoms with Crippen LogP contribution in [0.3, 0.4) is 0 Å². The van der Waals surface area contributed by atoms with Gasteiger partial charge in [0.25, 0.3) is 0 Å². The van der Waals surface area contributed by atoms with E-state index in [2.05, 4.69) is 4.57 Å². The molecule has 1 atom stereocenters. The van der Waals surface area contributed by atoms with Crippen molar-refractivity contribution in [3.05, 3.63) is 64.8 Å². The van der Waals surface area contributed by atoms with E-state index in [1.54, 1.807) is 12.1 Å². The number of fused-ring (bicyclic) bond motifs is 1. The van der Waals surface area contributed by atoms with Crippen LogP contribution in [-0.4, -0.2) is 34.8 Å². The third-order valence-electron chi connectivity index (χ3n) is 5.24. The van der Waals surface area contributed by atoms with E-state index < -0.39 is 18.0 Å². The van der Waals surface area contributed by atoms with Crippen molar-refractivity contribution in [1.82, 2.24) is 4.57 Å². The summed E-state index contributed by atoms with van der Waals surface area (Å²) in [5, 5.41) is 10.2. The molecule has 1 unspecified atom stereocenters.